The maximum Gasteiger partial charge on any atom is 0.254 e. The third-order valence-electron chi connectivity index (χ3n) is 4.08. The molecule has 1 N–H and O–H groups in total. The first-order chi connectivity index (χ1) is 11.2. The van der Waals surface area contributed by atoms with Gasteiger partial charge in [0.2, 0.25) is 0 Å². The first kappa shape index (κ1) is 16.1. The van der Waals surface area contributed by atoms with Gasteiger partial charge in [0.05, 0.1) is 23.4 Å². The molecule has 3 rings (SSSR count). The van der Waals surface area contributed by atoms with E-state index in [1.807, 2.05) is 42.6 Å². The highest BCUT2D eigenvalue weighted by Crippen LogP contribution is 2.28. The van der Waals surface area contributed by atoms with Crippen molar-refractivity contribution in [2.45, 2.75) is 51.4 Å². The average Bonchev–Trinajstić information content (AvgIpc) is 3.23. The number of nitrogens with zero attached hydrogens (tertiary/aromatic N) is 1. The molecule has 0 bridgehead atoms. The molecule has 2 aromatic rings. The number of hydrogen-bond acceptors (Lipinski definition) is 4. The van der Waals surface area contributed by atoms with Crippen molar-refractivity contribution in [3.63, 3.8) is 0 Å². The van der Waals surface area contributed by atoms with E-state index >= 15 is 0 Å². The fourth-order valence-corrected chi connectivity index (χ4v) is 3.51. The van der Waals surface area contributed by atoms with E-state index in [9.17, 15) is 4.79 Å². The molecule has 1 amide bonds. The largest absolute Gasteiger partial charge is 0.360 e. The lowest BCUT2D eigenvalue weighted by Gasteiger charge is -2.21. The van der Waals surface area contributed by atoms with E-state index in [1.54, 1.807) is 11.3 Å². The molecule has 1 fully saturated rings. The fourth-order valence-electron chi connectivity index (χ4n) is 2.90. The van der Waals surface area contributed by atoms with Crippen molar-refractivity contribution >= 4 is 17.2 Å². The lowest BCUT2D eigenvalue weighted by Crippen LogP contribution is -2.32. The van der Waals surface area contributed by atoms with Gasteiger partial charge in [-0.25, -0.2) is 4.98 Å². The van der Waals surface area contributed by atoms with Crippen molar-refractivity contribution in [3.05, 3.63) is 52.0 Å². The van der Waals surface area contributed by atoms with E-state index in [0.29, 0.717) is 6.54 Å². The lowest BCUT2D eigenvalue weighted by atomic mass is 10.1. The van der Waals surface area contributed by atoms with Gasteiger partial charge in [-0.1, -0.05) is 43.2 Å². The van der Waals surface area contributed by atoms with Gasteiger partial charge in [-0.05, 0) is 25.3 Å². The number of thiazole rings is 1. The Morgan fingerprint density at radius 1 is 1.35 bits per heavy atom. The summed E-state index contributed by atoms with van der Waals surface area (Å²) in [5.41, 5.74) is 1.81. The molecule has 1 saturated carbocycles. The summed E-state index contributed by atoms with van der Waals surface area (Å²) in [6.45, 7) is 2.41. The minimum atomic E-state index is -0.543. The molecule has 122 valence electrons. The van der Waals surface area contributed by atoms with Crippen LogP contribution in [0.4, 0.5) is 0 Å². The molecule has 1 aliphatic carbocycles. The van der Waals surface area contributed by atoms with E-state index in [-0.39, 0.29) is 12.0 Å². The number of carbonyl (C=O) groups is 1. The second-order valence-corrected chi connectivity index (χ2v) is 6.97. The Hall–Kier alpha value is -1.72. The van der Waals surface area contributed by atoms with Crippen LogP contribution in [0.5, 0.6) is 0 Å². The summed E-state index contributed by atoms with van der Waals surface area (Å²) in [6.07, 6.45) is 4.10. The maximum absolute atomic E-state index is 12.7. The minimum absolute atomic E-state index is 0.0891. The molecule has 23 heavy (non-hydrogen) atoms. The van der Waals surface area contributed by atoms with Crippen molar-refractivity contribution in [1.82, 2.24) is 10.3 Å². The molecule has 1 aromatic carbocycles. The van der Waals surface area contributed by atoms with Crippen LogP contribution in [0.25, 0.3) is 0 Å². The van der Waals surface area contributed by atoms with Crippen molar-refractivity contribution in [2.75, 3.05) is 0 Å². The predicted octanol–water partition coefficient (Wildman–Crippen LogP) is 3.77. The summed E-state index contributed by atoms with van der Waals surface area (Å²) in [5.74, 6) is -0.0891. The molecule has 1 aliphatic rings. The molecular weight excluding hydrogens is 308 g/mol. The summed E-state index contributed by atoms with van der Waals surface area (Å²) in [7, 11) is 0. The Morgan fingerprint density at radius 3 is 2.74 bits per heavy atom. The number of nitrogens with one attached hydrogen (secondary N) is 1. The highest BCUT2D eigenvalue weighted by atomic mass is 32.1. The number of carbonyl (C=O) groups excluding carboxylic acids is 1. The minimum Gasteiger partial charge on any atom is -0.360 e. The van der Waals surface area contributed by atoms with E-state index in [4.69, 9.17) is 4.74 Å². The zero-order chi connectivity index (χ0) is 16.1. The zero-order valence-electron chi connectivity index (χ0n) is 13.3. The molecule has 4 nitrogen and oxygen atoms in total. The van der Waals surface area contributed by atoms with Gasteiger partial charge in [0.1, 0.15) is 0 Å². The van der Waals surface area contributed by atoms with E-state index in [1.165, 1.54) is 12.8 Å². The van der Waals surface area contributed by atoms with Crippen LogP contribution in [0.3, 0.4) is 0 Å². The van der Waals surface area contributed by atoms with Crippen molar-refractivity contribution in [1.29, 1.82) is 0 Å². The Bertz CT molecular complexity index is 635. The van der Waals surface area contributed by atoms with Gasteiger partial charge in [0.25, 0.3) is 5.91 Å². The first-order valence-electron chi connectivity index (χ1n) is 8.11. The second-order valence-electron chi connectivity index (χ2n) is 5.91. The number of ether oxygens (including phenoxy) is 1. The highest BCUT2D eigenvalue weighted by Gasteiger charge is 2.27. The van der Waals surface area contributed by atoms with E-state index < -0.39 is 6.10 Å². The standard InChI is InChI=1S/C18H22N2O2S/c1-13-20-15(12-23-13)11-19-18(21)17(14-7-3-2-4-8-14)22-16-9-5-6-10-16/h2-4,7-8,12,16-17H,5-6,9-11H2,1H3,(H,19,21)/t17-/m0/s1. The molecule has 5 heteroatoms. The lowest BCUT2D eigenvalue weighted by molar-refractivity contribution is -0.137. The van der Waals surface area contributed by atoms with Gasteiger partial charge >= 0.3 is 0 Å². The molecule has 0 radical (unpaired) electrons. The maximum atomic E-state index is 12.7. The predicted molar refractivity (Wildman–Crippen MR) is 91.2 cm³/mol. The van der Waals surface area contributed by atoms with Crippen LogP contribution in [-0.4, -0.2) is 17.0 Å². The quantitative estimate of drug-likeness (QED) is 0.877. The number of aryl methyl sites for hydroxylation is 1. The van der Waals surface area contributed by atoms with Crippen LogP contribution >= 0.6 is 11.3 Å². The van der Waals surface area contributed by atoms with E-state index in [0.717, 1.165) is 29.1 Å². The van der Waals surface area contributed by atoms with Gasteiger partial charge in [-0.3, -0.25) is 4.79 Å². The Kier molecular flexibility index (Phi) is 5.41. The molecule has 0 spiro atoms. The molecule has 0 aliphatic heterocycles. The van der Waals surface area contributed by atoms with Crippen molar-refractivity contribution in [3.8, 4) is 0 Å². The Morgan fingerprint density at radius 2 is 2.09 bits per heavy atom. The van der Waals surface area contributed by atoms with Gasteiger partial charge in [-0.15, -0.1) is 11.3 Å². The number of rotatable bonds is 6. The Balaban J connectivity index is 1.67. The number of hydrogen-bond donors (Lipinski definition) is 1. The average molecular weight is 330 g/mol. The van der Waals surface area contributed by atoms with Crippen LogP contribution in [0, 0.1) is 6.92 Å². The zero-order valence-corrected chi connectivity index (χ0v) is 14.1. The second kappa shape index (κ2) is 7.70. The smallest absolute Gasteiger partial charge is 0.254 e. The summed E-state index contributed by atoms with van der Waals surface area (Å²) >= 11 is 1.59. The van der Waals surface area contributed by atoms with Gasteiger partial charge in [0.15, 0.2) is 6.10 Å². The highest BCUT2D eigenvalue weighted by molar-refractivity contribution is 7.09. The third kappa shape index (κ3) is 4.39. The third-order valence-corrected chi connectivity index (χ3v) is 4.90. The molecule has 1 atom stereocenters. The number of aromatic nitrogens is 1. The van der Waals surface area contributed by atoms with Crippen LogP contribution in [0.1, 0.15) is 48.1 Å². The topological polar surface area (TPSA) is 51.2 Å². The first-order valence-corrected chi connectivity index (χ1v) is 8.99. The number of benzene rings is 1. The normalized spacial score (nSPS) is 16.4. The fraction of sp³-hybridized carbons (Fsp3) is 0.444. The van der Waals surface area contributed by atoms with Crippen LogP contribution in [-0.2, 0) is 16.1 Å². The molecule has 0 saturated heterocycles. The van der Waals surface area contributed by atoms with Gasteiger partial charge < -0.3 is 10.1 Å². The van der Waals surface area contributed by atoms with Crippen molar-refractivity contribution in [2.24, 2.45) is 0 Å². The van der Waals surface area contributed by atoms with Crippen LogP contribution in [0.2, 0.25) is 0 Å². The molecular formula is C18H22N2O2S. The van der Waals surface area contributed by atoms with Crippen LogP contribution in [0.15, 0.2) is 35.7 Å². The summed E-state index contributed by atoms with van der Waals surface area (Å²) < 4.78 is 6.12. The molecule has 1 heterocycles. The van der Waals surface area contributed by atoms with Gasteiger partial charge in [-0.2, -0.15) is 0 Å². The van der Waals surface area contributed by atoms with E-state index in [2.05, 4.69) is 10.3 Å². The molecule has 1 aromatic heterocycles. The van der Waals surface area contributed by atoms with Crippen molar-refractivity contribution < 1.29 is 9.53 Å². The van der Waals surface area contributed by atoms with Gasteiger partial charge in [0, 0.05) is 5.38 Å². The summed E-state index contributed by atoms with van der Waals surface area (Å²) in [4.78, 5) is 17.0. The monoisotopic (exact) mass is 330 g/mol. The van der Waals surface area contributed by atoms with Crippen LogP contribution < -0.4 is 5.32 Å². The Labute approximate surface area is 140 Å². The number of amides is 1. The summed E-state index contributed by atoms with van der Waals surface area (Å²) in [6, 6.07) is 9.74. The SMILES string of the molecule is Cc1nc(CNC(=O)[C@@H](OC2CCCC2)c2ccccc2)cs1. The summed E-state index contributed by atoms with van der Waals surface area (Å²) in [5, 5.41) is 5.95. The molecule has 0 unspecified atom stereocenters.